The number of ether oxygens (including phenoxy) is 1. The van der Waals surface area contributed by atoms with E-state index in [0.717, 1.165) is 30.4 Å². The first-order valence-electron chi connectivity index (χ1n) is 8.35. The van der Waals surface area contributed by atoms with Crippen LogP contribution in [-0.2, 0) is 11.2 Å². The third kappa shape index (κ3) is 3.66. The van der Waals surface area contributed by atoms with Gasteiger partial charge in [-0.05, 0) is 57.2 Å². The third-order valence-electron chi connectivity index (χ3n) is 4.49. The monoisotopic (exact) mass is 320 g/mol. The molecule has 23 heavy (non-hydrogen) atoms. The van der Waals surface area contributed by atoms with Gasteiger partial charge in [-0.2, -0.15) is 0 Å². The van der Waals surface area contributed by atoms with Crippen molar-refractivity contribution in [3.63, 3.8) is 0 Å². The van der Waals surface area contributed by atoms with Crippen LogP contribution in [0.15, 0.2) is 18.2 Å². The van der Waals surface area contributed by atoms with Crippen LogP contribution in [0.3, 0.4) is 0 Å². The Hall–Kier alpha value is -1.62. The number of amides is 1. The van der Waals surface area contributed by atoms with Crippen molar-refractivity contribution in [3.8, 4) is 0 Å². The molecule has 126 valence electrons. The van der Waals surface area contributed by atoms with Gasteiger partial charge in [0.15, 0.2) is 0 Å². The number of benzene rings is 1. The first-order valence-corrected chi connectivity index (χ1v) is 8.35. The Balaban J connectivity index is 1.58. The molecule has 1 aromatic rings. The van der Waals surface area contributed by atoms with E-state index in [1.54, 1.807) is 11.0 Å². The SMILES string of the molecule is CC(C)(C)OC(=O)N1CCC(NC2CCc3c(F)cccc32)C1. The largest absolute Gasteiger partial charge is 0.444 e. The Bertz CT molecular complexity index is 597. The van der Waals surface area contributed by atoms with Gasteiger partial charge in [0.2, 0.25) is 0 Å². The number of hydrogen-bond acceptors (Lipinski definition) is 3. The van der Waals surface area contributed by atoms with Gasteiger partial charge in [-0.25, -0.2) is 9.18 Å². The molecule has 2 aliphatic rings. The summed E-state index contributed by atoms with van der Waals surface area (Å²) in [5, 5.41) is 3.59. The summed E-state index contributed by atoms with van der Waals surface area (Å²) in [7, 11) is 0. The standard InChI is InChI=1S/C18H25FN2O2/c1-18(2,3)23-17(22)21-10-9-12(11-21)20-16-8-7-13-14(16)5-4-6-15(13)19/h4-6,12,16,20H,7-11H2,1-3H3. The Morgan fingerprint density at radius 1 is 1.35 bits per heavy atom. The van der Waals surface area contributed by atoms with Gasteiger partial charge in [0.25, 0.3) is 0 Å². The van der Waals surface area contributed by atoms with Gasteiger partial charge in [0.1, 0.15) is 11.4 Å². The number of likely N-dealkylation sites (tertiary alicyclic amines) is 1. The van der Waals surface area contributed by atoms with Crippen LogP contribution in [0.25, 0.3) is 0 Å². The van der Waals surface area contributed by atoms with Crippen molar-refractivity contribution in [1.29, 1.82) is 0 Å². The normalized spacial score (nSPS) is 23.9. The minimum Gasteiger partial charge on any atom is -0.444 e. The Morgan fingerprint density at radius 3 is 2.87 bits per heavy atom. The van der Waals surface area contributed by atoms with Crippen LogP contribution in [-0.4, -0.2) is 35.7 Å². The maximum atomic E-state index is 13.8. The van der Waals surface area contributed by atoms with Gasteiger partial charge >= 0.3 is 6.09 Å². The number of nitrogens with one attached hydrogen (secondary N) is 1. The van der Waals surface area contributed by atoms with Crippen LogP contribution in [0, 0.1) is 5.82 Å². The molecule has 0 saturated carbocycles. The van der Waals surface area contributed by atoms with E-state index in [-0.39, 0.29) is 24.0 Å². The maximum Gasteiger partial charge on any atom is 0.410 e. The van der Waals surface area contributed by atoms with Crippen LogP contribution in [0.5, 0.6) is 0 Å². The van der Waals surface area contributed by atoms with Crippen molar-refractivity contribution in [3.05, 3.63) is 35.1 Å². The second-order valence-corrected chi connectivity index (χ2v) is 7.48. The predicted molar refractivity (Wildman–Crippen MR) is 86.8 cm³/mol. The summed E-state index contributed by atoms with van der Waals surface area (Å²) in [6.07, 6.45) is 2.35. The van der Waals surface area contributed by atoms with Gasteiger partial charge in [0.05, 0.1) is 0 Å². The van der Waals surface area contributed by atoms with Crippen LogP contribution >= 0.6 is 0 Å². The summed E-state index contributed by atoms with van der Waals surface area (Å²) >= 11 is 0. The zero-order valence-corrected chi connectivity index (χ0v) is 14.1. The van der Waals surface area contributed by atoms with Crippen LogP contribution in [0.1, 0.15) is 50.8 Å². The highest BCUT2D eigenvalue weighted by molar-refractivity contribution is 5.68. The maximum absolute atomic E-state index is 13.8. The van der Waals surface area contributed by atoms with Gasteiger partial charge in [0, 0.05) is 25.2 Å². The molecule has 0 aromatic heterocycles. The van der Waals surface area contributed by atoms with Crippen LogP contribution < -0.4 is 5.32 Å². The van der Waals surface area contributed by atoms with Crippen molar-refractivity contribution < 1.29 is 13.9 Å². The first-order chi connectivity index (χ1) is 10.8. The molecule has 4 nitrogen and oxygen atoms in total. The van der Waals surface area contributed by atoms with E-state index in [2.05, 4.69) is 5.32 Å². The number of halogens is 1. The lowest BCUT2D eigenvalue weighted by molar-refractivity contribution is 0.0290. The van der Waals surface area contributed by atoms with E-state index in [1.807, 2.05) is 26.8 Å². The quantitative estimate of drug-likeness (QED) is 0.908. The second kappa shape index (κ2) is 6.11. The second-order valence-electron chi connectivity index (χ2n) is 7.48. The number of nitrogens with zero attached hydrogens (tertiary/aromatic N) is 1. The Labute approximate surface area is 137 Å². The molecule has 1 fully saturated rings. The molecule has 2 unspecified atom stereocenters. The van der Waals surface area contributed by atoms with Crippen molar-refractivity contribution in [2.24, 2.45) is 0 Å². The number of fused-ring (bicyclic) bond motifs is 1. The lowest BCUT2D eigenvalue weighted by atomic mass is 10.1. The summed E-state index contributed by atoms with van der Waals surface area (Å²) < 4.78 is 19.2. The highest BCUT2D eigenvalue weighted by Crippen LogP contribution is 2.33. The molecule has 1 saturated heterocycles. The molecule has 1 N–H and O–H groups in total. The van der Waals surface area contributed by atoms with E-state index < -0.39 is 5.60 Å². The van der Waals surface area contributed by atoms with E-state index in [0.29, 0.717) is 13.1 Å². The number of hydrogen-bond donors (Lipinski definition) is 1. The lowest BCUT2D eigenvalue weighted by Gasteiger charge is -2.25. The molecule has 5 heteroatoms. The summed E-state index contributed by atoms with van der Waals surface area (Å²) in [5.74, 6) is -0.103. The summed E-state index contributed by atoms with van der Waals surface area (Å²) in [6, 6.07) is 5.73. The fourth-order valence-electron chi connectivity index (χ4n) is 3.46. The van der Waals surface area contributed by atoms with Gasteiger partial charge < -0.3 is 15.0 Å². The molecule has 0 radical (unpaired) electrons. The van der Waals surface area contributed by atoms with Gasteiger partial charge in [-0.3, -0.25) is 0 Å². The summed E-state index contributed by atoms with van der Waals surface area (Å²) in [4.78, 5) is 13.9. The van der Waals surface area contributed by atoms with Gasteiger partial charge in [-0.1, -0.05) is 12.1 Å². The van der Waals surface area contributed by atoms with E-state index >= 15 is 0 Å². The zero-order valence-electron chi connectivity index (χ0n) is 14.1. The topological polar surface area (TPSA) is 41.6 Å². The Morgan fingerprint density at radius 2 is 2.13 bits per heavy atom. The molecule has 2 atom stereocenters. The highest BCUT2D eigenvalue weighted by Gasteiger charge is 2.33. The molecule has 1 aromatic carbocycles. The lowest BCUT2D eigenvalue weighted by Crippen LogP contribution is -2.39. The predicted octanol–water partition coefficient (Wildman–Crippen LogP) is 3.41. The molecule has 3 rings (SSSR count). The molecular formula is C18H25FN2O2. The van der Waals surface area contributed by atoms with Crippen molar-refractivity contribution >= 4 is 6.09 Å². The average molecular weight is 320 g/mol. The molecule has 1 aliphatic carbocycles. The van der Waals surface area contributed by atoms with Crippen LogP contribution in [0.4, 0.5) is 9.18 Å². The smallest absolute Gasteiger partial charge is 0.410 e. The molecular weight excluding hydrogens is 295 g/mol. The minimum absolute atomic E-state index is 0.103. The molecule has 1 aliphatic heterocycles. The van der Waals surface area contributed by atoms with Crippen molar-refractivity contribution in [2.75, 3.05) is 13.1 Å². The van der Waals surface area contributed by atoms with E-state index in [4.69, 9.17) is 4.74 Å². The average Bonchev–Trinajstić information content (AvgIpc) is 3.06. The molecule has 1 amide bonds. The van der Waals surface area contributed by atoms with Crippen molar-refractivity contribution in [1.82, 2.24) is 10.2 Å². The first kappa shape index (κ1) is 16.2. The third-order valence-corrected chi connectivity index (χ3v) is 4.49. The van der Waals surface area contributed by atoms with E-state index in [9.17, 15) is 9.18 Å². The fraction of sp³-hybridized carbons (Fsp3) is 0.611. The van der Waals surface area contributed by atoms with E-state index in [1.165, 1.54) is 6.07 Å². The number of carbonyl (C=O) groups excluding carboxylic acids is 1. The molecule has 0 bridgehead atoms. The summed E-state index contributed by atoms with van der Waals surface area (Å²) in [5.41, 5.74) is 1.44. The fourth-order valence-corrected chi connectivity index (χ4v) is 3.46. The molecule has 0 spiro atoms. The van der Waals surface area contributed by atoms with Gasteiger partial charge in [-0.15, -0.1) is 0 Å². The van der Waals surface area contributed by atoms with Crippen molar-refractivity contribution in [2.45, 2.75) is 57.7 Å². The number of rotatable bonds is 2. The minimum atomic E-state index is -0.468. The highest BCUT2D eigenvalue weighted by atomic mass is 19.1. The zero-order chi connectivity index (χ0) is 16.6. The summed E-state index contributed by atoms with van der Waals surface area (Å²) in [6.45, 7) is 6.98. The van der Waals surface area contributed by atoms with Crippen LogP contribution in [0.2, 0.25) is 0 Å². The molecule has 1 heterocycles. The Kier molecular flexibility index (Phi) is 4.32. The number of carbonyl (C=O) groups is 1.